The number of nitrogens with one attached hydrogen (secondary N) is 3. The maximum Gasteiger partial charge on any atom is 0.324 e. The second-order valence-corrected chi connectivity index (χ2v) is 9.84. The van der Waals surface area contributed by atoms with E-state index in [0.717, 1.165) is 21.2 Å². The number of rotatable bonds is 9. The third kappa shape index (κ3) is 6.32. The van der Waals surface area contributed by atoms with Gasteiger partial charge in [0.15, 0.2) is 0 Å². The molecular formula is C29H27N5O4S. The number of fused-ring (bicyclic) bond motifs is 1. The molecule has 0 bridgehead atoms. The van der Waals surface area contributed by atoms with Crippen LogP contribution in [0.25, 0.3) is 27.0 Å². The number of thiophene rings is 1. The molecule has 0 aliphatic heterocycles. The van der Waals surface area contributed by atoms with E-state index in [9.17, 15) is 14.7 Å². The van der Waals surface area contributed by atoms with Crippen molar-refractivity contribution in [2.24, 2.45) is 0 Å². The van der Waals surface area contributed by atoms with Crippen molar-refractivity contribution in [1.82, 2.24) is 15.1 Å². The number of carbonyl (C=O) groups is 2. The van der Waals surface area contributed by atoms with Gasteiger partial charge in [0.2, 0.25) is 5.91 Å². The van der Waals surface area contributed by atoms with Crippen molar-refractivity contribution in [2.45, 2.75) is 12.5 Å². The lowest BCUT2D eigenvalue weighted by molar-refractivity contribution is -0.121. The number of aromatic nitrogens is 2. The zero-order valence-corrected chi connectivity index (χ0v) is 21.7. The first-order valence-electron chi connectivity index (χ1n) is 12.3. The fourth-order valence-electron chi connectivity index (χ4n) is 4.16. The van der Waals surface area contributed by atoms with E-state index in [4.69, 9.17) is 10.2 Å². The highest BCUT2D eigenvalue weighted by Crippen LogP contribution is 2.29. The molecule has 5 rings (SSSR count). The molecule has 5 N–H and O–H groups in total. The van der Waals surface area contributed by atoms with Gasteiger partial charge in [-0.1, -0.05) is 54.6 Å². The van der Waals surface area contributed by atoms with E-state index in [0.29, 0.717) is 22.9 Å². The molecule has 3 amide bonds. The molecule has 198 valence electrons. The molecule has 0 aliphatic carbocycles. The molecule has 2 aromatic heterocycles. The average Bonchev–Trinajstić information content (AvgIpc) is 3.63. The third-order valence-corrected chi connectivity index (χ3v) is 6.92. The zero-order chi connectivity index (χ0) is 27.2. The van der Waals surface area contributed by atoms with Crippen LogP contribution < -0.4 is 16.0 Å². The molecule has 2 heterocycles. The Morgan fingerprint density at radius 2 is 1.77 bits per heavy atom. The minimum absolute atomic E-state index is 0.0295. The SMILES string of the molecule is O=C(Cc1cccc(-n2nc(-c3cccs3)cc2NC(=O)Nc2cccc3ccccc23)c1)NCC(O)CO. The fraction of sp³-hybridized carbons (Fsp3) is 0.138. The van der Waals surface area contributed by atoms with Gasteiger partial charge in [0.1, 0.15) is 11.5 Å². The molecule has 0 radical (unpaired) electrons. The molecule has 0 saturated heterocycles. The van der Waals surface area contributed by atoms with Crippen LogP contribution in [0.4, 0.5) is 16.3 Å². The summed E-state index contributed by atoms with van der Waals surface area (Å²) in [5.41, 5.74) is 2.78. The normalized spacial score (nSPS) is 11.7. The van der Waals surface area contributed by atoms with Gasteiger partial charge in [-0.05, 0) is 40.6 Å². The maximum atomic E-state index is 13.1. The van der Waals surface area contributed by atoms with E-state index in [1.165, 1.54) is 0 Å². The monoisotopic (exact) mass is 541 g/mol. The largest absolute Gasteiger partial charge is 0.394 e. The van der Waals surface area contributed by atoms with Crippen LogP contribution in [0.15, 0.2) is 90.3 Å². The summed E-state index contributed by atoms with van der Waals surface area (Å²) < 4.78 is 1.63. The van der Waals surface area contributed by atoms with E-state index in [1.807, 2.05) is 90.3 Å². The number of urea groups is 1. The van der Waals surface area contributed by atoms with Crippen LogP contribution in [0.1, 0.15) is 5.56 Å². The smallest absolute Gasteiger partial charge is 0.324 e. The highest BCUT2D eigenvalue weighted by Gasteiger charge is 2.16. The minimum atomic E-state index is -1.01. The summed E-state index contributed by atoms with van der Waals surface area (Å²) in [5, 5.41) is 35.6. The summed E-state index contributed by atoms with van der Waals surface area (Å²) in [5.74, 6) is 0.177. The standard InChI is InChI=1S/C29H27N5O4S/c35-18-22(36)17-30-28(37)15-19-6-3-9-21(14-19)34-27(16-25(33-34)26-12-5-13-39-26)32-29(38)31-24-11-4-8-20-7-1-2-10-23(20)24/h1-14,16,22,35-36H,15,17-18H2,(H,30,37)(H2,31,32,38). The van der Waals surface area contributed by atoms with E-state index < -0.39 is 18.7 Å². The van der Waals surface area contributed by atoms with E-state index in [-0.39, 0.29) is 18.9 Å². The molecule has 0 saturated carbocycles. The average molecular weight is 542 g/mol. The Labute approximate surface area is 228 Å². The van der Waals surface area contributed by atoms with Crippen LogP contribution in [0.2, 0.25) is 0 Å². The zero-order valence-electron chi connectivity index (χ0n) is 20.9. The lowest BCUT2D eigenvalue weighted by atomic mass is 10.1. The molecule has 5 aromatic rings. The lowest BCUT2D eigenvalue weighted by Gasteiger charge is -2.13. The van der Waals surface area contributed by atoms with Crippen molar-refractivity contribution in [2.75, 3.05) is 23.8 Å². The van der Waals surface area contributed by atoms with E-state index in [1.54, 1.807) is 16.0 Å². The Morgan fingerprint density at radius 1 is 0.949 bits per heavy atom. The Balaban J connectivity index is 1.40. The van der Waals surface area contributed by atoms with Crippen molar-refractivity contribution in [1.29, 1.82) is 0 Å². The molecular weight excluding hydrogens is 514 g/mol. The van der Waals surface area contributed by atoms with Gasteiger partial charge in [-0.25, -0.2) is 9.48 Å². The number of anilines is 2. The van der Waals surface area contributed by atoms with E-state index in [2.05, 4.69) is 16.0 Å². The van der Waals surface area contributed by atoms with Crippen molar-refractivity contribution >= 4 is 45.6 Å². The van der Waals surface area contributed by atoms with Crippen molar-refractivity contribution in [3.8, 4) is 16.3 Å². The fourth-order valence-corrected chi connectivity index (χ4v) is 4.84. The van der Waals surface area contributed by atoms with Gasteiger partial charge >= 0.3 is 6.03 Å². The van der Waals surface area contributed by atoms with Gasteiger partial charge in [0, 0.05) is 18.0 Å². The van der Waals surface area contributed by atoms with E-state index >= 15 is 0 Å². The number of aliphatic hydroxyl groups is 2. The number of amides is 3. The summed E-state index contributed by atoms with van der Waals surface area (Å²) in [7, 11) is 0. The lowest BCUT2D eigenvalue weighted by Crippen LogP contribution is -2.34. The highest BCUT2D eigenvalue weighted by molar-refractivity contribution is 7.13. The number of nitrogens with zero attached hydrogens (tertiary/aromatic N) is 2. The molecule has 9 nitrogen and oxygen atoms in total. The maximum absolute atomic E-state index is 13.1. The first-order chi connectivity index (χ1) is 19.0. The Morgan fingerprint density at radius 3 is 2.59 bits per heavy atom. The summed E-state index contributed by atoms with van der Waals surface area (Å²) in [4.78, 5) is 26.4. The molecule has 0 aliphatic rings. The van der Waals surface area contributed by atoms with Crippen LogP contribution in [0.5, 0.6) is 0 Å². The summed E-state index contributed by atoms with van der Waals surface area (Å²) in [6.45, 7) is -0.455. The Kier molecular flexibility index (Phi) is 7.97. The van der Waals surface area contributed by atoms with Crippen LogP contribution >= 0.6 is 11.3 Å². The van der Waals surface area contributed by atoms with Gasteiger partial charge in [-0.3, -0.25) is 10.1 Å². The number of hydrogen-bond donors (Lipinski definition) is 5. The van der Waals surface area contributed by atoms with Crippen molar-refractivity contribution < 1.29 is 19.8 Å². The molecule has 3 aromatic carbocycles. The molecule has 10 heteroatoms. The van der Waals surface area contributed by atoms with Gasteiger partial charge < -0.3 is 20.8 Å². The second kappa shape index (κ2) is 11.9. The highest BCUT2D eigenvalue weighted by atomic mass is 32.1. The van der Waals surface area contributed by atoms with Gasteiger partial charge in [0.05, 0.1) is 35.4 Å². The predicted octanol–water partition coefficient (Wildman–Crippen LogP) is 4.41. The molecule has 0 spiro atoms. The molecule has 1 atom stereocenters. The molecule has 1 unspecified atom stereocenters. The number of aliphatic hydroxyl groups excluding tert-OH is 2. The van der Waals surface area contributed by atoms with Gasteiger partial charge in [0.25, 0.3) is 0 Å². The Hall–Kier alpha value is -4.51. The first-order valence-corrected chi connectivity index (χ1v) is 13.2. The third-order valence-electron chi connectivity index (χ3n) is 6.03. The topological polar surface area (TPSA) is 129 Å². The van der Waals surface area contributed by atoms with Crippen LogP contribution in [-0.2, 0) is 11.2 Å². The minimum Gasteiger partial charge on any atom is -0.394 e. The summed E-state index contributed by atoms with van der Waals surface area (Å²) >= 11 is 1.54. The van der Waals surface area contributed by atoms with Crippen molar-refractivity contribution in [3.05, 3.63) is 95.9 Å². The van der Waals surface area contributed by atoms with Crippen LogP contribution in [-0.4, -0.2) is 51.2 Å². The first kappa shape index (κ1) is 26.1. The quantitative estimate of drug-likeness (QED) is 0.189. The van der Waals surface area contributed by atoms with Crippen LogP contribution in [0, 0.1) is 0 Å². The number of carbonyl (C=O) groups excluding carboxylic acids is 2. The number of hydrogen-bond acceptors (Lipinski definition) is 6. The summed E-state index contributed by atoms with van der Waals surface area (Å²) in [6.07, 6.45) is -0.927. The predicted molar refractivity (Wildman–Crippen MR) is 153 cm³/mol. The summed E-state index contributed by atoms with van der Waals surface area (Å²) in [6, 6.07) is 26.1. The Bertz CT molecular complexity index is 1590. The van der Waals surface area contributed by atoms with Crippen LogP contribution in [0.3, 0.4) is 0 Å². The second-order valence-electron chi connectivity index (χ2n) is 8.90. The number of benzene rings is 3. The van der Waals surface area contributed by atoms with Gasteiger partial charge in [-0.15, -0.1) is 11.3 Å². The molecule has 0 fully saturated rings. The molecule has 39 heavy (non-hydrogen) atoms. The van der Waals surface area contributed by atoms with Crippen molar-refractivity contribution in [3.63, 3.8) is 0 Å². The van der Waals surface area contributed by atoms with Gasteiger partial charge in [-0.2, -0.15) is 5.10 Å².